The van der Waals surface area contributed by atoms with Crippen molar-refractivity contribution in [3.63, 3.8) is 0 Å². The Hall–Kier alpha value is -1.48. The van der Waals surface area contributed by atoms with Crippen LogP contribution in [-0.4, -0.2) is 11.7 Å². The summed E-state index contributed by atoms with van der Waals surface area (Å²) in [5, 5.41) is 1.18. The van der Waals surface area contributed by atoms with E-state index in [1.54, 1.807) is 7.11 Å². The molecular formula is C11H14N2O. The highest BCUT2D eigenvalue weighted by molar-refractivity contribution is 5.87. The van der Waals surface area contributed by atoms with E-state index in [1.165, 1.54) is 5.39 Å². The molecule has 0 atom stereocenters. The number of nitrogens with two attached hydrogens (primary N) is 1. The average Bonchev–Trinajstić information content (AvgIpc) is 2.59. The Bertz CT molecular complexity index is 460. The second-order valence-corrected chi connectivity index (χ2v) is 3.33. The van der Waals surface area contributed by atoms with Gasteiger partial charge in [-0.25, -0.2) is 0 Å². The fraction of sp³-hybridized carbons (Fsp3) is 0.273. The lowest BCUT2D eigenvalue weighted by Crippen LogP contribution is -2.01. The maximum absolute atomic E-state index is 5.65. The Morgan fingerprint density at radius 1 is 1.36 bits per heavy atom. The van der Waals surface area contributed by atoms with Gasteiger partial charge in [-0.1, -0.05) is 12.1 Å². The van der Waals surface area contributed by atoms with Crippen LogP contribution in [-0.2, 0) is 13.6 Å². The van der Waals surface area contributed by atoms with E-state index >= 15 is 0 Å². The number of hydrogen-bond acceptors (Lipinski definition) is 2. The summed E-state index contributed by atoms with van der Waals surface area (Å²) >= 11 is 0. The van der Waals surface area contributed by atoms with Crippen LogP contribution in [0.25, 0.3) is 10.9 Å². The van der Waals surface area contributed by atoms with E-state index in [1.807, 2.05) is 23.9 Å². The van der Waals surface area contributed by atoms with Crippen molar-refractivity contribution in [2.75, 3.05) is 7.11 Å². The zero-order valence-corrected chi connectivity index (χ0v) is 8.45. The Kier molecular flexibility index (Phi) is 2.17. The van der Waals surface area contributed by atoms with Crippen molar-refractivity contribution in [3.05, 3.63) is 30.0 Å². The first-order chi connectivity index (χ1) is 6.77. The molecule has 0 aliphatic carbocycles. The fourth-order valence-corrected chi connectivity index (χ4v) is 1.78. The molecule has 0 aliphatic rings. The quantitative estimate of drug-likeness (QED) is 0.782. The number of fused-ring (bicyclic) bond motifs is 1. The van der Waals surface area contributed by atoms with Crippen molar-refractivity contribution in [3.8, 4) is 5.75 Å². The van der Waals surface area contributed by atoms with Crippen molar-refractivity contribution in [1.29, 1.82) is 0 Å². The van der Waals surface area contributed by atoms with Gasteiger partial charge in [0, 0.05) is 30.7 Å². The van der Waals surface area contributed by atoms with Crippen molar-refractivity contribution in [2.45, 2.75) is 6.54 Å². The van der Waals surface area contributed by atoms with Crippen LogP contribution in [0.2, 0.25) is 0 Å². The summed E-state index contributed by atoms with van der Waals surface area (Å²) in [5.41, 5.74) is 7.80. The molecule has 0 radical (unpaired) electrons. The van der Waals surface area contributed by atoms with Gasteiger partial charge in [0.15, 0.2) is 0 Å². The third-order valence-electron chi connectivity index (χ3n) is 2.50. The van der Waals surface area contributed by atoms with Gasteiger partial charge in [0.2, 0.25) is 0 Å². The zero-order valence-electron chi connectivity index (χ0n) is 8.45. The fourth-order valence-electron chi connectivity index (χ4n) is 1.78. The molecule has 3 nitrogen and oxygen atoms in total. The molecule has 2 N–H and O–H groups in total. The van der Waals surface area contributed by atoms with Crippen LogP contribution in [0.1, 0.15) is 5.56 Å². The summed E-state index contributed by atoms with van der Waals surface area (Å²) in [4.78, 5) is 0. The number of hydrogen-bond donors (Lipinski definition) is 1. The van der Waals surface area contributed by atoms with Crippen molar-refractivity contribution < 1.29 is 4.74 Å². The van der Waals surface area contributed by atoms with Gasteiger partial charge in [-0.05, 0) is 6.07 Å². The van der Waals surface area contributed by atoms with E-state index in [0.29, 0.717) is 6.54 Å². The molecule has 0 amide bonds. The molecule has 2 aromatic rings. The lowest BCUT2D eigenvalue weighted by atomic mass is 10.1. The highest BCUT2D eigenvalue weighted by Gasteiger charge is 2.09. The molecule has 1 aromatic carbocycles. The molecule has 0 bridgehead atoms. The molecule has 0 unspecified atom stereocenters. The lowest BCUT2D eigenvalue weighted by molar-refractivity contribution is 0.413. The molecule has 1 aromatic heterocycles. The average molecular weight is 190 g/mol. The minimum absolute atomic E-state index is 0.504. The first-order valence-corrected chi connectivity index (χ1v) is 4.59. The van der Waals surface area contributed by atoms with Gasteiger partial charge in [-0.15, -0.1) is 0 Å². The summed E-state index contributed by atoms with van der Waals surface area (Å²) in [7, 11) is 3.69. The molecule has 74 valence electrons. The van der Waals surface area contributed by atoms with E-state index in [9.17, 15) is 0 Å². The van der Waals surface area contributed by atoms with E-state index in [4.69, 9.17) is 10.5 Å². The Balaban J connectivity index is 2.81. The second-order valence-electron chi connectivity index (χ2n) is 3.33. The second kappa shape index (κ2) is 3.35. The first kappa shape index (κ1) is 9.09. The number of rotatable bonds is 2. The summed E-state index contributed by atoms with van der Waals surface area (Å²) < 4.78 is 7.44. The predicted molar refractivity (Wildman–Crippen MR) is 57.4 cm³/mol. The van der Waals surface area contributed by atoms with Gasteiger partial charge in [-0.3, -0.25) is 0 Å². The molecule has 1 heterocycles. The highest BCUT2D eigenvalue weighted by Crippen LogP contribution is 2.29. The molecule has 0 fully saturated rings. The van der Waals surface area contributed by atoms with Gasteiger partial charge >= 0.3 is 0 Å². The summed E-state index contributed by atoms with van der Waals surface area (Å²) in [5.74, 6) is 0.887. The molecule has 0 saturated heterocycles. The van der Waals surface area contributed by atoms with Crippen molar-refractivity contribution in [2.24, 2.45) is 12.8 Å². The minimum atomic E-state index is 0.504. The molecule has 14 heavy (non-hydrogen) atoms. The Morgan fingerprint density at radius 2 is 2.14 bits per heavy atom. The van der Waals surface area contributed by atoms with E-state index in [2.05, 4.69) is 12.1 Å². The topological polar surface area (TPSA) is 40.2 Å². The number of benzene rings is 1. The number of ether oxygens (including phenoxy) is 1. The molecule has 3 heteroatoms. The Morgan fingerprint density at radius 3 is 2.79 bits per heavy atom. The van der Waals surface area contributed by atoms with Crippen molar-refractivity contribution in [1.82, 2.24) is 4.57 Å². The van der Waals surface area contributed by atoms with Crippen LogP contribution < -0.4 is 10.5 Å². The number of aryl methyl sites for hydroxylation is 1. The molecule has 0 saturated carbocycles. The number of aromatic nitrogens is 1. The number of methoxy groups -OCH3 is 1. The van der Waals surface area contributed by atoms with Crippen LogP contribution >= 0.6 is 0 Å². The lowest BCUT2D eigenvalue weighted by Gasteiger charge is -2.09. The van der Waals surface area contributed by atoms with Crippen LogP contribution in [0.4, 0.5) is 0 Å². The third kappa shape index (κ3) is 1.17. The third-order valence-corrected chi connectivity index (χ3v) is 2.50. The van der Waals surface area contributed by atoms with Crippen LogP contribution in [0.15, 0.2) is 24.4 Å². The molecular weight excluding hydrogens is 176 g/mol. The van der Waals surface area contributed by atoms with Gasteiger partial charge < -0.3 is 15.0 Å². The van der Waals surface area contributed by atoms with E-state index in [-0.39, 0.29) is 0 Å². The predicted octanol–water partition coefficient (Wildman–Crippen LogP) is 1.65. The van der Waals surface area contributed by atoms with E-state index in [0.717, 1.165) is 16.8 Å². The van der Waals surface area contributed by atoms with Gasteiger partial charge in [0.05, 0.1) is 12.6 Å². The standard InChI is InChI=1S/C11H14N2O/c1-13-6-5-8-3-4-9(7-12)11(14-2)10(8)13/h3-6H,7,12H2,1-2H3. The molecule has 0 aliphatic heterocycles. The van der Waals surface area contributed by atoms with E-state index < -0.39 is 0 Å². The first-order valence-electron chi connectivity index (χ1n) is 4.59. The van der Waals surface area contributed by atoms with Crippen LogP contribution in [0.3, 0.4) is 0 Å². The minimum Gasteiger partial charge on any atom is -0.494 e. The maximum atomic E-state index is 5.65. The smallest absolute Gasteiger partial charge is 0.147 e. The summed E-state index contributed by atoms with van der Waals surface area (Å²) in [6.45, 7) is 0.504. The normalized spacial score (nSPS) is 10.8. The molecule has 0 spiro atoms. The van der Waals surface area contributed by atoms with Gasteiger partial charge in [0.1, 0.15) is 5.75 Å². The maximum Gasteiger partial charge on any atom is 0.147 e. The Labute approximate surface area is 83.1 Å². The molecule has 2 rings (SSSR count). The van der Waals surface area contributed by atoms with Crippen LogP contribution in [0, 0.1) is 0 Å². The van der Waals surface area contributed by atoms with Crippen molar-refractivity contribution >= 4 is 10.9 Å². The SMILES string of the molecule is COc1c(CN)ccc2ccn(C)c12. The highest BCUT2D eigenvalue weighted by atomic mass is 16.5. The zero-order chi connectivity index (χ0) is 10.1. The van der Waals surface area contributed by atoms with Gasteiger partial charge in [0.25, 0.3) is 0 Å². The van der Waals surface area contributed by atoms with Crippen LogP contribution in [0.5, 0.6) is 5.75 Å². The number of nitrogens with zero attached hydrogens (tertiary/aromatic N) is 1. The summed E-state index contributed by atoms with van der Waals surface area (Å²) in [6, 6.07) is 6.15. The summed E-state index contributed by atoms with van der Waals surface area (Å²) in [6.07, 6.45) is 2.02. The largest absolute Gasteiger partial charge is 0.494 e. The van der Waals surface area contributed by atoms with Gasteiger partial charge in [-0.2, -0.15) is 0 Å². The monoisotopic (exact) mass is 190 g/mol.